The fourth-order valence-electron chi connectivity index (χ4n) is 1.11. The molecule has 112 valence electrons. The molecule has 1 aromatic rings. The zero-order valence-electron chi connectivity index (χ0n) is 9.79. The van der Waals surface area contributed by atoms with Gasteiger partial charge in [-0.1, -0.05) is 11.6 Å². The number of methoxy groups -OCH3 is 1. The van der Waals surface area contributed by atoms with Crippen molar-refractivity contribution in [1.82, 2.24) is 10.3 Å². The van der Waals surface area contributed by atoms with E-state index >= 15 is 0 Å². The maximum Gasteiger partial charge on any atom is 0.422 e. The highest BCUT2D eigenvalue weighted by Gasteiger charge is 2.34. The largest absolute Gasteiger partial charge is 0.452 e. The summed E-state index contributed by atoms with van der Waals surface area (Å²) in [5.41, 5.74) is 0.325. The summed E-state index contributed by atoms with van der Waals surface area (Å²) in [6, 6.07) is 2.00. The minimum Gasteiger partial charge on any atom is -0.452 e. The normalized spacial score (nSPS) is 12.1. The molecule has 0 saturated carbocycles. The highest BCUT2D eigenvalue weighted by Crippen LogP contribution is 2.35. The van der Waals surface area contributed by atoms with Crippen molar-refractivity contribution in [3.8, 4) is 0 Å². The van der Waals surface area contributed by atoms with Crippen molar-refractivity contribution in [3.63, 3.8) is 0 Å². The Kier molecular flexibility index (Phi) is 4.84. The van der Waals surface area contributed by atoms with E-state index in [0.29, 0.717) is 6.07 Å². The van der Waals surface area contributed by atoms with Crippen molar-refractivity contribution in [2.24, 2.45) is 0 Å². The molecular weight excluding hydrogens is 325 g/mol. The molecule has 0 unspecified atom stereocenters. The number of halogens is 4. The van der Waals surface area contributed by atoms with Gasteiger partial charge in [0.15, 0.2) is 0 Å². The lowest BCUT2D eigenvalue weighted by atomic mass is 10.2. The van der Waals surface area contributed by atoms with Gasteiger partial charge in [0.05, 0.1) is 22.6 Å². The van der Waals surface area contributed by atoms with E-state index in [4.69, 9.17) is 11.6 Å². The quantitative estimate of drug-likeness (QED) is 0.828. The first-order valence-electron chi connectivity index (χ1n) is 4.80. The lowest BCUT2D eigenvalue weighted by Crippen LogP contribution is -2.41. The Hall–Kier alpha value is -1.52. The van der Waals surface area contributed by atoms with Gasteiger partial charge in [0.2, 0.25) is 0 Å². The summed E-state index contributed by atoms with van der Waals surface area (Å²) >= 11 is 5.36. The van der Waals surface area contributed by atoms with Crippen LogP contribution < -0.4 is 10.3 Å². The molecule has 11 heteroatoms. The first kappa shape index (κ1) is 16.5. The number of amides is 1. The first-order chi connectivity index (χ1) is 9.08. The Morgan fingerprint density at radius 3 is 2.45 bits per heavy atom. The van der Waals surface area contributed by atoms with Crippen LogP contribution in [0.1, 0.15) is 5.56 Å². The van der Waals surface area contributed by atoms with Gasteiger partial charge >= 0.3 is 12.3 Å². The van der Waals surface area contributed by atoms with Crippen LogP contribution in [0, 0.1) is 0 Å². The standard InChI is InChI=1S/C9H8ClF3N2O4S/c1-19-8(16)14-15-20(17,18)5-2-3-7(10)6(4-5)9(11,12)13/h2-4,15H,1H3,(H,14,16). The van der Waals surface area contributed by atoms with E-state index in [1.807, 2.05) is 0 Å². The van der Waals surface area contributed by atoms with Crippen LogP contribution in [0.5, 0.6) is 0 Å². The third-order valence-corrected chi connectivity index (χ3v) is 3.60. The number of hydrogen-bond donors (Lipinski definition) is 2. The summed E-state index contributed by atoms with van der Waals surface area (Å²) in [4.78, 5) is 11.6. The molecule has 1 aromatic carbocycles. The molecule has 1 amide bonds. The Morgan fingerprint density at radius 1 is 1.35 bits per heavy atom. The highest BCUT2D eigenvalue weighted by atomic mass is 35.5. The lowest BCUT2D eigenvalue weighted by Gasteiger charge is -2.12. The number of hydrogen-bond acceptors (Lipinski definition) is 4. The molecule has 0 aliphatic carbocycles. The summed E-state index contributed by atoms with van der Waals surface area (Å²) in [6.07, 6.45) is -5.93. The van der Waals surface area contributed by atoms with Crippen LogP contribution in [0.4, 0.5) is 18.0 Å². The molecule has 0 atom stereocenters. The Morgan fingerprint density at radius 2 is 1.95 bits per heavy atom. The fourth-order valence-corrected chi connectivity index (χ4v) is 2.19. The average Bonchev–Trinajstić information content (AvgIpc) is 2.34. The van der Waals surface area contributed by atoms with Crippen molar-refractivity contribution in [2.75, 3.05) is 7.11 Å². The Labute approximate surface area is 116 Å². The predicted molar refractivity (Wildman–Crippen MR) is 62.3 cm³/mol. The SMILES string of the molecule is COC(=O)NNS(=O)(=O)c1ccc(Cl)c(C(F)(F)F)c1. The van der Waals surface area contributed by atoms with E-state index in [-0.39, 0.29) is 0 Å². The van der Waals surface area contributed by atoms with Crippen LogP contribution in [0.15, 0.2) is 23.1 Å². The van der Waals surface area contributed by atoms with Gasteiger partial charge < -0.3 is 4.74 Å². The number of benzene rings is 1. The predicted octanol–water partition coefficient (Wildman–Crippen LogP) is 1.91. The molecular formula is C9H8ClF3N2O4S. The number of rotatable bonds is 3. The van der Waals surface area contributed by atoms with Crippen molar-refractivity contribution in [2.45, 2.75) is 11.1 Å². The van der Waals surface area contributed by atoms with E-state index in [1.165, 1.54) is 0 Å². The van der Waals surface area contributed by atoms with Crippen LogP contribution in [0.3, 0.4) is 0 Å². The second-order valence-electron chi connectivity index (χ2n) is 3.36. The topological polar surface area (TPSA) is 84.5 Å². The third-order valence-electron chi connectivity index (χ3n) is 2.03. The molecule has 0 saturated heterocycles. The number of sulfonamides is 1. The molecule has 0 aliphatic heterocycles. The summed E-state index contributed by atoms with van der Waals surface area (Å²) in [7, 11) is -3.41. The van der Waals surface area contributed by atoms with Gasteiger partial charge in [-0.15, -0.1) is 4.83 Å². The first-order valence-corrected chi connectivity index (χ1v) is 6.66. The molecule has 0 spiro atoms. The van der Waals surface area contributed by atoms with E-state index < -0.39 is 37.8 Å². The van der Waals surface area contributed by atoms with Gasteiger partial charge in [0.25, 0.3) is 10.0 Å². The summed E-state index contributed by atoms with van der Waals surface area (Å²) in [6.45, 7) is 0. The van der Waals surface area contributed by atoms with Gasteiger partial charge in [-0.3, -0.25) is 0 Å². The molecule has 1 rings (SSSR count). The molecule has 6 nitrogen and oxygen atoms in total. The fraction of sp³-hybridized carbons (Fsp3) is 0.222. The minimum atomic E-state index is -4.81. The van der Waals surface area contributed by atoms with Crippen molar-refractivity contribution in [1.29, 1.82) is 0 Å². The number of carbonyl (C=O) groups is 1. The van der Waals surface area contributed by atoms with Gasteiger partial charge in [-0.25, -0.2) is 18.6 Å². The summed E-state index contributed by atoms with van der Waals surface area (Å²) in [5, 5.41) is -0.641. The zero-order chi connectivity index (χ0) is 15.6. The zero-order valence-corrected chi connectivity index (χ0v) is 11.4. The van der Waals surface area contributed by atoms with Gasteiger partial charge in [0.1, 0.15) is 0 Å². The Balaban J connectivity index is 3.11. The lowest BCUT2D eigenvalue weighted by molar-refractivity contribution is -0.137. The van der Waals surface area contributed by atoms with Gasteiger partial charge in [-0.05, 0) is 18.2 Å². The van der Waals surface area contributed by atoms with E-state index in [0.717, 1.165) is 19.2 Å². The third kappa shape index (κ3) is 3.99. The number of alkyl halides is 3. The second-order valence-corrected chi connectivity index (χ2v) is 5.45. The smallest absolute Gasteiger partial charge is 0.422 e. The number of ether oxygens (including phenoxy) is 1. The van der Waals surface area contributed by atoms with Gasteiger partial charge in [0, 0.05) is 0 Å². The number of nitrogens with one attached hydrogen (secondary N) is 2. The van der Waals surface area contributed by atoms with E-state index in [1.54, 1.807) is 10.3 Å². The van der Waals surface area contributed by atoms with Crippen LogP contribution >= 0.6 is 11.6 Å². The van der Waals surface area contributed by atoms with Crippen LogP contribution in [-0.2, 0) is 20.9 Å². The maximum atomic E-state index is 12.6. The van der Waals surface area contributed by atoms with Crippen LogP contribution in [-0.4, -0.2) is 21.6 Å². The molecule has 0 fully saturated rings. The van der Waals surface area contributed by atoms with E-state index in [2.05, 4.69) is 4.74 Å². The second kappa shape index (κ2) is 5.85. The molecule has 0 aliphatic rings. The van der Waals surface area contributed by atoms with Crippen molar-refractivity contribution in [3.05, 3.63) is 28.8 Å². The molecule has 20 heavy (non-hydrogen) atoms. The van der Waals surface area contributed by atoms with E-state index in [9.17, 15) is 26.4 Å². The molecule has 0 heterocycles. The molecule has 2 N–H and O–H groups in total. The summed E-state index contributed by atoms with van der Waals surface area (Å²) < 4.78 is 65.2. The van der Waals surface area contributed by atoms with Crippen LogP contribution in [0.25, 0.3) is 0 Å². The van der Waals surface area contributed by atoms with Crippen molar-refractivity contribution < 1.29 is 31.1 Å². The van der Waals surface area contributed by atoms with Crippen LogP contribution in [0.2, 0.25) is 5.02 Å². The Bertz CT molecular complexity index is 618. The highest BCUT2D eigenvalue weighted by molar-refractivity contribution is 7.89. The average molecular weight is 333 g/mol. The minimum absolute atomic E-state index is 0.351. The monoisotopic (exact) mass is 332 g/mol. The summed E-state index contributed by atoms with van der Waals surface area (Å²) in [5.74, 6) is 0. The van der Waals surface area contributed by atoms with Crippen molar-refractivity contribution >= 4 is 27.7 Å². The van der Waals surface area contributed by atoms with Gasteiger partial charge in [-0.2, -0.15) is 13.2 Å². The maximum absolute atomic E-state index is 12.6. The molecule has 0 aromatic heterocycles. The number of carbonyl (C=O) groups excluding carboxylic acids is 1. The molecule has 0 bridgehead atoms. The number of hydrazine groups is 1. The molecule has 0 radical (unpaired) electrons.